The molecule has 136 valence electrons. The van der Waals surface area contributed by atoms with Crippen molar-refractivity contribution < 1.29 is 17.6 Å². The van der Waals surface area contributed by atoms with Crippen LogP contribution in [0.2, 0.25) is 0 Å². The van der Waals surface area contributed by atoms with Crippen LogP contribution in [0.4, 0.5) is 4.39 Å². The summed E-state index contributed by atoms with van der Waals surface area (Å²) >= 11 is 1.41. The molecule has 0 aliphatic carbocycles. The molecule has 0 aliphatic rings. The van der Waals surface area contributed by atoms with Crippen molar-refractivity contribution in [2.45, 2.75) is 17.7 Å². The van der Waals surface area contributed by atoms with Crippen LogP contribution in [0.15, 0.2) is 58.4 Å². The summed E-state index contributed by atoms with van der Waals surface area (Å²) in [5.74, 6) is -1.03. The zero-order chi connectivity index (χ0) is 18.7. The zero-order valence-electron chi connectivity index (χ0n) is 14.1. The molecule has 0 aliphatic heterocycles. The number of carbonyl (C=O) groups is 1. The van der Waals surface area contributed by atoms with Crippen LogP contribution in [0.3, 0.4) is 0 Å². The molecule has 8 heteroatoms. The van der Waals surface area contributed by atoms with E-state index >= 15 is 0 Å². The molecular formula is C18H17FN2O3S2. The monoisotopic (exact) mass is 392 g/mol. The maximum atomic E-state index is 12.9. The number of aryl methyl sites for hydroxylation is 1. The Morgan fingerprint density at radius 3 is 2.54 bits per heavy atom. The Morgan fingerprint density at radius 1 is 1.15 bits per heavy atom. The SMILES string of the molecule is Cn1c(=NC(=O)CCCS(=O)(=O)c2ccc(F)cc2)sc2ccccc21. The number of hydrogen-bond acceptors (Lipinski definition) is 4. The first-order valence-electron chi connectivity index (χ1n) is 7.97. The highest BCUT2D eigenvalue weighted by Crippen LogP contribution is 2.16. The van der Waals surface area contributed by atoms with Crippen LogP contribution in [-0.2, 0) is 21.7 Å². The highest BCUT2D eigenvalue weighted by atomic mass is 32.2. The summed E-state index contributed by atoms with van der Waals surface area (Å²) in [7, 11) is -1.70. The first-order chi connectivity index (χ1) is 12.4. The lowest BCUT2D eigenvalue weighted by Gasteiger charge is -2.03. The number of hydrogen-bond donors (Lipinski definition) is 0. The van der Waals surface area contributed by atoms with Crippen molar-refractivity contribution in [2.24, 2.45) is 12.0 Å². The predicted octanol–water partition coefficient (Wildman–Crippen LogP) is 3.06. The number of para-hydroxylation sites is 1. The summed E-state index contributed by atoms with van der Waals surface area (Å²) in [4.78, 5) is 16.8. The van der Waals surface area contributed by atoms with E-state index in [0.29, 0.717) is 4.80 Å². The van der Waals surface area contributed by atoms with Gasteiger partial charge >= 0.3 is 0 Å². The molecule has 26 heavy (non-hydrogen) atoms. The molecule has 0 bridgehead atoms. The van der Waals surface area contributed by atoms with Gasteiger partial charge in [0.15, 0.2) is 14.6 Å². The number of thiazole rings is 1. The average molecular weight is 392 g/mol. The predicted molar refractivity (Wildman–Crippen MR) is 99.1 cm³/mol. The van der Waals surface area contributed by atoms with Gasteiger partial charge in [-0.2, -0.15) is 4.99 Å². The topological polar surface area (TPSA) is 68.5 Å². The van der Waals surface area contributed by atoms with E-state index < -0.39 is 15.7 Å². The van der Waals surface area contributed by atoms with E-state index in [4.69, 9.17) is 0 Å². The van der Waals surface area contributed by atoms with Gasteiger partial charge in [-0.05, 0) is 42.8 Å². The molecule has 0 atom stereocenters. The lowest BCUT2D eigenvalue weighted by Crippen LogP contribution is -2.14. The van der Waals surface area contributed by atoms with E-state index in [-0.39, 0.29) is 29.4 Å². The molecule has 0 unspecified atom stereocenters. The van der Waals surface area contributed by atoms with Gasteiger partial charge in [0.25, 0.3) is 0 Å². The number of rotatable bonds is 5. The Morgan fingerprint density at radius 2 is 1.85 bits per heavy atom. The van der Waals surface area contributed by atoms with Crippen LogP contribution < -0.4 is 4.80 Å². The van der Waals surface area contributed by atoms with Crippen molar-refractivity contribution >= 4 is 37.3 Å². The largest absolute Gasteiger partial charge is 0.319 e. The van der Waals surface area contributed by atoms with Crippen LogP contribution in [0.5, 0.6) is 0 Å². The minimum Gasteiger partial charge on any atom is -0.319 e. The van der Waals surface area contributed by atoms with E-state index in [1.807, 2.05) is 35.9 Å². The number of nitrogens with zero attached hydrogens (tertiary/aromatic N) is 2. The van der Waals surface area contributed by atoms with E-state index in [0.717, 1.165) is 22.3 Å². The normalized spacial score (nSPS) is 12.6. The maximum Gasteiger partial charge on any atom is 0.248 e. The third kappa shape index (κ3) is 4.08. The van der Waals surface area contributed by atoms with Gasteiger partial charge in [0.2, 0.25) is 5.91 Å². The second-order valence-electron chi connectivity index (χ2n) is 5.79. The summed E-state index contributed by atoms with van der Waals surface area (Å²) in [6, 6.07) is 12.4. The quantitative estimate of drug-likeness (QED) is 0.627. The van der Waals surface area contributed by atoms with Gasteiger partial charge in [-0.15, -0.1) is 0 Å². The summed E-state index contributed by atoms with van der Waals surface area (Å²) in [5.41, 5.74) is 0.989. The van der Waals surface area contributed by atoms with E-state index in [9.17, 15) is 17.6 Å². The van der Waals surface area contributed by atoms with Crippen LogP contribution in [0, 0.1) is 5.82 Å². The van der Waals surface area contributed by atoms with E-state index in [1.54, 1.807) is 0 Å². The molecular weight excluding hydrogens is 375 g/mol. The standard InChI is InChI=1S/C18H17FN2O3S2/c1-21-15-5-2-3-6-16(15)25-18(21)20-17(22)7-4-12-26(23,24)14-10-8-13(19)9-11-14/h2-3,5-6,8-11H,4,7,12H2,1H3. The zero-order valence-corrected chi connectivity index (χ0v) is 15.7. The molecule has 5 nitrogen and oxygen atoms in total. The number of amides is 1. The number of sulfone groups is 1. The number of fused-ring (bicyclic) bond motifs is 1. The first kappa shape index (κ1) is 18.5. The molecule has 3 rings (SSSR count). The van der Waals surface area contributed by atoms with Gasteiger partial charge < -0.3 is 4.57 Å². The molecule has 3 aromatic rings. The second kappa shape index (κ2) is 7.51. The van der Waals surface area contributed by atoms with Crippen LogP contribution in [0.25, 0.3) is 10.2 Å². The Bertz CT molecular complexity index is 1110. The van der Waals surface area contributed by atoms with Crippen molar-refractivity contribution in [1.29, 1.82) is 0 Å². The number of aromatic nitrogens is 1. The van der Waals surface area contributed by atoms with Gasteiger partial charge in [0.05, 0.1) is 20.9 Å². The highest BCUT2D eigenvalue weighted by Gasteiger charge is 2.15. The summed E-state index contributed by atoms with van der Waals surface area (Å²) in [6.45, 7) is 0. The Labute approximate surface area is 154 Å². The average Bonchev–Trinajstić information content (AvgIpc) is 2.91. The highest BCUT2D eigenvalue weighted by molar-refractivity contribution is 7.91. The molecule has 0 radical (unpaired) electrons. The summed E-state index contributed by atoms with van der Waals surface area (Å²) < 4.78 is 40.1. The molecule has 0 saturated carbocycles. The minimum atomic E-state index is -3.54. The van der Waals surface area contributed by atoms with Gasteiger partial charge in [-0.1, -0.05) is 23.5 Å². The summed E-state index contributed by atoms with van der Waals surface area (Å²) in [5, 5.41) is 0. The molecule has 1 heterocycles. The molecule has 0 N–H and O–H groups in total. The lowest BCUT2D eigenvalue weighted by atomic mass is 10.3. The Kier molecular flexibility index (Phi) is 5.33. The fourth-order valence-electron chi connectivity index (χ4n) is 2.52. The van der Waals surface area contributed by atoms with Gasteiger partial charge in [-0.25, -0.2) is 12.8 Å². The van der Waals surface area contributed by atoms with Crippen LogP contribution in [-0.4, -0.2) is 24.6 Å². The van der Waals surface area contributed by atoms with Gasteiger partial charge in [-0.3, -0.25) is 4.79 Å². The minimum absolute atomic E-state index is 0.0364. The third-order valence-corrected chi connectivity index (χ3v) is 6.84. The Hall–Kier alpha value is -2.32. The summed E-state index contributed by atoms with van der Waals surface area (Å²) in [6.07, 6.45) is 0.200. The van der Waals surface area contributed by atoms with Crippen LogP contribution in [0.1, 0.15) is 12.8 Å². The smallest absolute Gasteiger partial charge is 0.248 e. The van der Waals surface area contributed by atoms with Crippen molar-refractivity contribution in [3.8, 4) is 0 Å². The fourth-order valence-corrected chi connectivity index (χ4v) is 4.87. The second-order valence-corrected chi connectivity index (χ2v) is 8.91. The van der Waals surface area contributed by atoms with Gasteiger partial charge in [0, 0.05) is 13.5 Å². The fraction of sp³-hybridized carbons (Fsp3) is 0.222. The number of benzene rings is 2. The Balaban J connectivity index is 1.67. The van der Waals surface area contributed by atoms with Crippen LogP contribution >= 0.6 is 11.3 Å². The van der Waals surface area contributed by atoms with Gasteiger partial charge in [0.1, 0.15) is 5.82 Å². The molecule has 1 amide bonds. The maximum absolute atomic E-state index is 12.9. The van der Waals surface area contributed by atoms with E-state index in [2.05, 4.69) is 4.99 Å². The number of halogens is 1. The van der Waals surface area contributed by atoms with Crippen molar-refractivity contribution in [3.63, 3.8) is 0 Å². The molecule has 1 aromatic heterocycles. The number of carbonyl (C=O) groups excluding carboxylic acids is 1. The third-order valence-electron chi connectivity index (χ3n) is 3.91. The molecule has 0 fully saturated rings. The van der Waals surface area contributed by atoms with E-state index in [1.165, 1.54) is 23.5 Å². The molecule has 2 aromatic carbocycles. The van der Waals surface area contributed by atoms with Crippen molar-refractivity contribution in [2.75, 3.05) is 5.75 Å². The molecule has 0 saturated heterocycles. The lowest BCUT2D eigenvalue weighted by molar-refractivity contribution is -0.118. The molecule has 0 spiro atoms. The van der Waals surface area contributed by atoms with Crippen molar-refractivity contribution in [3.05, 3.63) is 59.1 Å². The first-order valence-corrected chi connectivity index (χ1v) is 10.4. The van der Waals surface area contributed by atoms with Crippen molar-refractivity contribution in [1.82, 2.24) is 4.57 Å².